The van der Waals surface area contributed by atoms with Gasteiger partial charge in [0.25, 0.3) is 0 Å². The van der Waals surface area contributed by atoms with Gasteiger partial charge < -0.3 is 42.0 Å². The second-order valence-corrected chi connectivity index (χ2v) is 6.18. The average Bonchev–Trinajstić information content (AvgIpc) is 3.20. The van der Waals surface area contributed by atoms with Crippen molar-refractivity contribution in [2.45, 2.75) is 37.4 Å². The first-order valence-corrected chi connectivity index (χ1v) is 8.80. The third-order valence-electron chi connectivity index (χ3n) is 3.89. The number of aliphatic hydroxyl groups excluding tert-OH is 1. The molecule has 14 nitrogen and oxygen atoms in total. The quantitative estimate of drug-likeness (QED) is 0.153. The molecule has 3 unspecified atom stereocenters. The molecule has 1 heterocycles. The van der Waals surface area contributed by atoms with Crippen molar-refractivity contribution in [2.75, 3.05) is 13.2 Å². The van der Waals surface area contributed by atoms with Gasteiger partial charge in [0.15, 0.2) is 0 Å². The fraction of sp³-hybridized carbons (Fsp3) is 0.500. The Hall–Kier alpha value is -3.52. The van der Waals surface area contributed by atoms with Crippen molar-refractivity contribution in [3.05, 3.63) is 18.2 Å². The second-order valence-electron chi connectivity index (χ2n) is 6.18. The highest BCUT2D eigenvalue weighted by Gasteiger charge is 2.29. The summed E-state index contributed by atoms with van der Waals surface area (Å²) < 4.78 is 0. The molecule has 0 spiro atoms. The van der Waals surface area contributed by atoms with E-state index in [2.05, 4.69) is 25.9 Å². The Morgan fingerprint density at radius 2 is 1.67 bits per heavy atom. The molecule has 0 aromatic carbocycles. The zero-order valence-corrected chi connectivity index (χ0v) is 15.8. The number of hydrogen-bond acceptors (Lipinski definition) is 8. The lowest BCUT2D eigenvalue weighted by molar-refractivity contribution is -0.143. The summed E-state index contributed by atoms with van der Waals surface area (Å²) in [7, 11) is 0. The molecule has 14 heteroatoms. The smallest absolute Gasteiger partial charge is 0.326 e. The molecule has 9 N–H and O–H groups in total. The minimum absolute atomic E-state index is 0.132. The van der Waals surface area contributed by atoms with E-state index in [0.717, 1.165) is 0 Å². The zero-order valence-electron chi connectivity index (χ0n) is 15.8. The zero-order chi connectivity index (χ0) is 22.7. The van der Waals surface area contributed by atoms with Gasteiger partial charge in [-0.1, -0.05) is 0 Å². The number of imidazole rings is 1. The van der Waals surface area contributed by atoms with Gasteiger partial charge in [0.1, 0.15) is 18.1 Å². The molecule has 0 saturated heterocycles. The fourth-order valence-electron chi connectivity index (χ4n) is 2.34. The van der Waals surface area contributed by atoms with Crippen LogP contribution in [0.25, 0.3) is 0 Å². The van der Waals surface area contributed by atoms with Crippen molar-refractivity contribution >= 4 is 29.7 Å². The number of nitrogens with two attached hydrogens (primary N) is 1. The lowest BCUT2D eigenvalue weighted by Crippen LogP contribution is -2.57. The second kappa shape index (κ2) is 12.1. The van der Waals surface area contributed by atoms with Crippen molar-refractivity contribution < 1.29 is 39.3 Å². The molecule has 0 aliphatic carbocycles. The summed E-state index contributed by atoms with van der Waals surface area (Å²) in [6.07, 6.45) is 1.71. The summed E-state index contributed by atoms with van der Waals surface area (Å²) in [5.74, 6) is -5.25. The molecule has 1 aromatic heterocycles. The van der Waals surface area contributed by atoms with Crippen LogP contribution in [0.4, 0.5) is 0 Å². The lowest BCUT2D eigenvalue weighted by Gasteiger charge is -2.23. The predicted octanol–water partition coefficient (Wildman–Crippen LogP) is -3.69. The van der Waals surface area contributed by atoms with Gasteiger partial charge in [0, 0.05) is 24.7 Å². The van der Waals surface area contributed by atoms with Crippen LogP contribution in [0, 0.1) is 0 Å². The molecule has 0 aliphatic heterocycles. The number of hydrogen-bond donors (Lipinski definition) is 8. The van der Waals surface area contributed by atoms with Gasteiger partial charge in [-0.15, -0.1) is 0 Å². The highest BCUT2D eigenvalue weighted by atomic mass is 16.4. The van der Waals surface area contributed by atoms with E-state index >= 15 is 0 Å². The number of aliphatic hydroxyl groups is 1. The number of carbonyl (C=O) groups excluding carboxylic acids is 3. The minimum atomic E-state index is -1.43. The van der Waals surface area contributed by atoms with Gasteiger partial charge in [-0.25, -0.2) is 9.78 Å². The maximum absolute atomic E-state index is 12.5. The van der Waals surface area contributed by atoms with Crippen LogP contribution in [0.1, 0.15) is 18.5 Å². The molecule has 0 fully saturated rings. The molecule has 1 aromatic rings. The molecule has 0 radical (unpaired) electrons. The number of H-pyrrole nitrogens is 1. The molecule has 3 atom stereocenters. The largest absolute Gasteiger partial charge is 0.481 e. The Morgan fingerprint density at radius 3 is 2.17 bits per heavy atom. The van der Waals surface area contributed by atoms with Gasteiger partial charge in [-0.2, -0.15) is 0 Å². The Kier molecular flexibility index (Phi) is 9.91. The highest BCUT2D eigenvalue weighted by molar-refractivity contribution is 5.93. The lowest BCUT2D eigenvalue weighted by atomic mass is 10.1. The monoisotopic (exact) mass is 428 g/mol. The highest BCUT2D eigenvalue weighted by Crippen LogP contribution is 2.04. The summed E-state index contributed by atoms with van der Waals surface area (Å²) in [6.45, 7) is -1.25. The topological polar surface area (TPSA) is 237 Å². The van der Waals surface area contributed by atoms with Gasteiger partial charge in [0.05, 0.1) is 19.5 Å². The van der Waals surface area contributed by atoms with E-state index in [0.29, 0.717) is 5.69 Å². The van der Waals surface area contributed by atoms with Crippen LogP contribution < -0.4 is 21.7 Å². The molecule has 3 amide bonds. The van der Waals surface area contributed by atoms with Crippen LogP contribution in [0.2, 0.25) is 0 Å². The number of rotatable bonds is 13. The van der Waals surface area contributed by atoms with Crippen molar-refractivity contribution in [1.82, 2.24) is 25.9 Å². The predicted molar refractivity (Wildman–Crippen MR) is 98.7 cm³/mol. The standard InChI is InChI=1S/C16H24N6O8/c17-4-12(24)20-11(6-23)15(28)21-9(1-2-13(25)26)14(27)22-10(16(29)30)3-8-5-18-7-19-8/h5,7,9-11,23H,1-4,6,17H2,(H,18,19)(H,20,24)(H,21,28)(H,22,27)(H,25,26)(H,29,30). The number of aromatic nitrogens is 2. The van der Waals surface area contributed by atoms with Crippen LogP contribution in [0.15, 0.2) is 12.5 Å². The van der Waals surface area contributed by atoms with Gasteiger partial charge >= 0.3 is 11.9 Å². The molecule has 1 rings (SSSR count). The number of aliphatic carboxylic acids is 2. The molecule has 30 heavy (non-hydrogen) atoms. The Balaban J connectivity index is 2.89. The van der Waals surface area contributed by atoms with E-state index in [1.165, 1.54) is 12.5 Å². The van der Waals surface area contributed by atoms with Crippen molar-refractivity contribution in [3.63, 3.8) is 0 Å². The first-order chi connectivity index (χ1) is 14.2. The molecule has 0 bridgehead atoms. The van der Waals surface area contributed by atoms with Gasteiger partial charge in [-0.05, 0) is 6.42 Å². The van der Waals surface area contributed by atoms with Crippen molar-refractivity contribution in [2.24, 2.45) is 5.73 Å². The first kappa shape index (κ1) is 24.5. The molecule has 0 aliphatic rings. The van der Waals surface area contributed by atoms with Crippen LogP contribution in [-0.2, 0) is 30.4 Å². The number of carbonyl (C=O) groups is 5. The van der Waals surface area contributed by atoms with E-state index in [-0.39, 0.29) is 12.8 Å². The fourth-order valence-corrected chi connectivity index (χ4v) is 2.34. The Bertz CT molecular complexity index is 753. The summed E-state index contributed by atoms with van der Waals surface area (Å²) in [5, 5.41) is 34.0. The maximum Gasteiger partial charge on any atom is 0.326 e. The van der Waals surface area contributed by atoms with Crippen LogP contribution in [0.3, 0.4) is 0 Å². The molecular formula is C16H24N6O8. The van der Waals surface area contributed by atoms with Crippen LogP contribution in [-0.4, -0.2) is 86.2 Å². The normalized spacial score (nSPS) is 13.5. The van der Waals surface area contributed by atoms with Crippen LogP contribution >= 0.6 is 0 Å². The van der Waals surface area contributed by atoms with Crippen molar-refractivity contribution in [3.8, 4) is 0 Å². The SMILES string of the molecule is NCC(=O)NC(CO)C(=O)NC(CCC(=O)O)C(=O)NC(Cc1cnc[nH]1)C(=O)O. The Labute approximate surface area is 170 Å². The van der Waals surface area contributed by atoms with E-state index in [1.54, 1.807) is 0 Å². The Morgan fingerprint density at radius 1 is 1.03 bits per heavy atom. The average molecular weight is 428 g/mol. The van der Waals surface area contributed by atoms with E-state index in [1.807, 2.05) is 0 Å². The van der Waals surface area contributed by atoms with E-state index in [4.69, 9.17) is 10.8 Å². The molecule has 0 saturated carbocycles. The third kappa shape index (κ3) is 8.24. The minimum Gasteiger partial charge on any atom is -0.481 e. The summed E-state index contributed by atoms with van der Waals surface area (Å²) in [6, 6.07) is -4.24. The third-order valence-corrected chi connectivity index (χ3v) is 3.89. The van der Waals surface area contributed by atoms with Gasteiger partial charge in [0.2, 0.25) is 17.7 Å². The summed E-state index contributed by atoms with van der Waals surface area (Å²) in [5.41, 5.74) is 5.56. The molecular weight excluding hydrogens is 404 g/mol. The van der Waals surface area contributed by atoms with E-state index in [9.17, 15) is 34.2 Å². The van der Waals surface area contributed by atoms with E-state index < -0.39 is 67.4 Å². The molecule has 166 valence electrons. The van der Waals surface area contributed by atoms with Crippen LogP contribution in [0.5, 0.6) is 0 Å². The van der Waals surface area contributed by atoms with Gasteiger partial charge in [-0.3, -0.25) is 19.2 Å². The summed E-state index contributed by atoms with van der Waals surface area (Å²) >= 11 is 0. The van der Waals surface area contributed by atoms with Crippen molar-refractivity contribution in [1.29, 1.82) is 0 Å². The number of amides is 3. The first-order valence-electron chi connectivity index (χ1n) is 8.80. The number of nitrogens with one attached hydrogen (secondary N) is 4. The number of carboxylic acids is 2. The number of aromatic amines is 1. The number of carboxylic acid groups (broad SMARTS) is 2. The maximum atomic E-state index is 12.5. The summed E-state index contributed by atoms with van der Waals surface area (Å²) in [4.78, 5) is 64.9. The number of nitrogens with zero attached hydrogens (tertiary/aromatic N) is 1.